The van der Waals surface area contributed by atoms with Gasteiger partial charge in [-0.2, -0.15) is 0 Å². The van der Waals surface area contributed by atoms with Crippen LogP contribution in [-0.4, -0.2) is 35.7 Å². The van der Waals surface area contributed by atoms with E-state index in [0.717, 1.165) is 11.3 Å². The van der Waals surface area contributed by atoms with Gasteiger partial charge in [-0.25, -0.2) is 0 Å². The van der Waals surface area contributed by atoms with Crippen LogP contribution in [0.4, 0.5) is 0 Å². The molecule has 1 amide bonds. The average Bonchev–Trinajstić information content (AvgIpc) is 2.94. The zero-order chi connectivity index (χ0) is 17.9. The molecule has 1 aromatic carbocycles. The van der Waals surface area contributed by atoms with Crippen molar-refractivity contribution in [2.45, 2.75) is 46.6 Å². The standard InChI is InChI=1S/C18H24Cl2N2O2/c1-5-22(17(23)10-18(2,3)4)11-13-9-16(21-24-13)12-6-7-14(19)15(20)8-12/h6-8,13H,5,9-11H2,1-4H3/t13-/m0/s1. The highest BCUT2D eigenvalue weighted by Crippen LogP contribution is 2.26. The van der Waals surface area contributed by atoms with Crippen LogP contribution in [0.25, 0.3) is 0 Å². The van der Waals surface area contributed by atoms with Gasteiger partial charge in [0.15, 0.2) is 6.10 Å². The van der Waals surface area contributed by atoms with Gasteiger partial charge in [0.25, 0.3) is 0 Å². The largest absolute Gasteiger partial charge is 0.390 e. The van der Waals surface area contributed by atoms with E-state index in [9.17, 15) is 4.79 Å². The number of hydrogen-bond acceptors (Lipinski definition) is 3. The Hall–Kier alpha value is -1.26. The van der Waals surface area contributed by atoms with Crippen molar-refractivity contribution in [1.82, 2.24) is 4.90 Å². The van der Waals surface area contributed by atoms with E-state index in [1.165, 1.54) is 0 Å². The Balaban J connectivity index is 1.96. The quantitative estimate of drug-likeness (QED) is 0.748. The third-order valence-corrected chi connectivity index (χ3v) is 4.56. The maximum absolute atomic E-state index is 12.4. The van der Waals surface area contributed by atoms with Gasteiger partial charge in [-0.3, -0.25) is 4.79 Å². The van der Waals surface area contributed by atoms with Crippen LogP contribution in [0.15, 0.2) is 23.4 Å². The number of benzene rings is 1. The summed E-state index contributed by atoms with van der Waals surface area (Å²) in [6.45, 7) is 9.38. The minimum atomic E-state index is -0.127. The molecule has 132 valence electrons. The van der Waals surface area contributed by atoms with Crippen LogP contribution < -0.4 is 0 Å². The molecule has 0 radical (unpaired) electrons. The monoisotopic (exact) mass is 370 g/mol. The van der Waals surface area contributed by atoms with Gasteiger partial charge in [0.1, 0.15) is 0 Å². The molecule has 0 aromatic heterocycles. The maximum Gasteiger partial charge on any atom is 0.223 e. The Kier molecular flexibility index (Phi) is 6.16. The minimum Gasteiger partial charge on any atom is -0.390 e. The number of nitrogens with zero attached hydrogens (tertiary/aromatic N) is 2. The molecule has 0 fully saturated rings. The van der Waals surface area contributed by atoms with Crippen molar-refractivity contribution in [3.8, 4) is 0 Å². The lowest BCUT2D eigenvalue weighted by Gasteiger charge is -2.27. The average molecular weight is 371 g/mol. The summed E-state index contributed by atoms with van der Waals surface area (Å²) < 4.78 is 0. The smallest absolute Gasteiger partial charge is 0.223 e. The molecule has 1 aliphatic heterocycles. The van der Waals surface area contributed by atoms with Crippen molar-refractivity contribution in [3.63, 3.8) is 0 Å². The Morgan fingerprint density at radius 1 is 1.33 bits per heavy atom. The van der Waals surface area contributed by atoms with Gasteiger partial charge < -0.3 is 9.74 Å². The Labute approximate surface area is 153 Å². The zero-order valence-electron chi connectivity index (χ0n) is 14.6. The fourth-order valence-corrected chi connectivity index (χ4v) is 2.89. The number of rotatable bonds is 5. The molecule has 0 spiro atoms. The molecule has 0 unspecified atom stereocenters. The molecular formula is C18H24Cl2N2O2. The summed E-state index contributed by atoms with van der Waals surface area (Å²) in [6.07, 6.45) is 1.05. The summed E-state index contributed by atoms with van der Waals surface area (Å²) in [5, 5.41) is 5.17. The van der Waals surface area contributed by atoms with Crippen LogP contribution in [0.2, 0.25) is 10.0 Å². The van der Waals surface area contributed by atoms with Gasteiger partial charge >= 0.3 is 0 Å². The first-order chi connectivity index (χ1) is 11.2. The molecule has 24 heavy (non-hydrogen) atoms. The minimum absolute atomic E-state index is 0.0250. The lowest BCUT2D eigenvalue weighted by Crippen LogP contribution is -2.39. The van der Waals surface area contributed by atoms with Gasteiger partial charge in [-0.05, 0) is 24.5 Å². The number of likely N-dealkylation sites (N-methyl/N-ethyl adjacent to an activating group) is 1. The van der Waals surface area contributed by atoms with Gasteiger partial charge in [0, 0.05) is 24.9 Å². The van der Waals surface area contributed by atoms with Crippen molar-refractivity contribution in [2.24, 2.45) is 10.6 Å². The lowest BCUT2D eigenvalue weighted by atomic mass is 9.91. The van der Waals surface area contributed by atoms with E-state index < -0.39 is 0 Å². The topological polar surface area (TPSA) is 41.9 Å². The van der Waals surface area contributed by atoms with E-state index in [-0.39, 0.29) is 17.4 Å². The summed E-state index contributed by atoms with van der Waals surface area (Å²) in [6, 6.07) is 5.41. The van der Waals surface area contributed by atoms with Gasteiger partial charge in [0.05, 0.1) is 22.3 Å². The second-order valence-corrected chi connectivity index (χ2v) is 8.08. The number of carbonyl (C=O) groups excluding carboxylic acids is 1. The van der Waals surface area contributed by atoms with Crippen LogP contribution in [0, 0.1) is 5.41 Å². The van der Waals surface area contributed by atoms with E-state index in [0.29, 0.717) is 36.0 Å². The Morgan fingerprint density at radius 2 is 2.04 bits per heavy atom. The van der Waals surface area contributed by atoms with Crippen LogP contribution in [0.1, 0.15) is 46.1 Å². The fourth-order valence-electron chi connectivity index (χ4n) is 2.59. The predicted octanol–water partition coefficient (Wildman–Crippen LogP) is 4.77. The predicted molar refractivity (Wildman–Crippen MR) is 98.8 cm³/mol. The van der Waals surface area contributed by atoms with E-state index in [1.54, 1.807) is 12.1 Å². The summed E-state index contributed by atoms with van der Waals surface area (Å²) in [7, 11) is 0. The van der Waals surface area contributed by atoms with E-state index in [2.05, 4.69) is 25.9 Å². The highest BCUT2D eigenvalue weighted by atomic mass is 35.5. The third-order valence-electron chi connectivity index (χ3n) is 3.83. The van der Waals surface area contributed by atoms with E-state index in [4.69, 9.17) is 28.0 Å². The molecule has 4 nitrogen and oxygen atoms in total. The first-order valence-electron chi connectivity index (χ1n) is 8.15. The van der Waals surface area contributed by atoms with Crippen molar-refractivity contribution < 1.29 is 9.63 Å². The molecule has 1 atom stereocenters. The third kappa shape index (κ3) is 5.12. The Bertz CT molecular complexity index is 638. The van der Waals surface area contributed by atoms with Crippen LogP contribution in [0.3, 0.4) is 0 Å². The van der Waals surface area contributed by atoms with Gasteiger partial charge in [0.2, 0.25) is 5.91 Å². The molecular weight excluding hydrogens is 347 g/mol. The number of hydrogen-bond donors (Lipinski definition) is 0. The second-order valence-electron chi connectivity index (χ2n) is 7.27. The molecule has 1 heterocycles. The van der Waals surface area contributed by atoms with Gasteiger partial charge in [-0.15, -0.1) is 0 Å². The maximum atomic E-state index is 12.4. The van der Waals surface area contributed by atoms with Crippen LogP contribution in [-0.2, 0) is 9.63 Å². The van der Waals surface area contributed by atoms with Crippen LogP contribution >= 0.6 is 23.2 Å². The molecule has 1 aliphatic rings. The molecule has 0 saturated heterocycles. The van der Waals surface area contributed by atoms with Crippen LogP contribution in [0.5, 0.6) is 0 Å². The lowest BCUT2D eigenvalue weighted by molar-refractivity contribution is -0.134. The summed E-state index contributed by atoms with van der Waals surface area (Å²) >= 11 is 12.0. The normalized spacial score (nSPS) is 17.4. The molecule has 6 heteroatoms. The first kappa shape index (κ1) is 19.1. The number of amides is 1. The number of halogens is 2. The summed E-state index contributed by atoms with van der Waals surface area (Å²) in [5.41, 5.74) is 1.71. The fraction of sp³-hybridized carbons (Fsp3) is 0.556. The van der Waals surface area contributed by atoms with Crippen molar-refractivity contribution in [1.29, 1.82) is 0 Å². The van der Waals surface area contributed by atoms with Crippen molar-refractivity contribution in [3.05, 3.63) is 33.8 Å². The van der Waals surface area contributed by atoms with E-state index >= 15 is 0 Å². The Morgan fingerprint density at radius 3 is 2.62 bits per heavy atom. The zero-order valence-corrected chi connectivity index (χ0v) is 16.1. The molecule has 0 N–H and O–H groups in total. The molecule has 0 saturated carbocycles. The molecule has 2 rings (SSSR count). The first-order valence-corrected chi connectivity index (χ1v) is 8.91. The number of oxime groups is 1. The van der Waals surface area contributed by atoms with Gasteiger partial charge in [-0.1, -0.05) is 55.2 Å². The highest BCUT2D eigenvalue weighted by Gasteiger charge is 2.28. The summed E-state index contributed by atoms with van der Waals surface area (Å²) in [4.78, 5) is 19.8. The molecule has 1 aromatic rings. The highest BCUT2D eigenvalue weighted by molar-refractivity contribution is 6.42. The summed E-state index contributed by atoms with van der Waals surface area (Å²) in [5.74, 6) is 0.150. The van der Waals surface area contributed by atoms with Crippen molar-refractivity contribution in [2.75, 3.05) is 13.1 Å². The van der Waals surface area contributed by atoms with E-state index in [1.807, 2.05) is 17.9 Å². The van der Waals surface area contributed by atoms with Crippen molar-refractivity contribution >= 4 is 34.8 Å². The number of carbonyl (C=O) groups is 1. The molecule has 0 bridgehead atoms. The second kappa shape index (κ2) is 7.75. The molecule has 0 aliphatic carbocycles. The SMILES string of the molecule is CCN(C[C@@H]1CC(c2ccc(Cl)c(Cl)c2)=NO1)C(=O)CC(C)(C)C.